The summed E-state index contributed by atoms with van der Waals surface area (Å²) in [5.41, 5.74) is 0. The third kappa shape index (κ3) is 5.52. The summed E-state index contributed by atoms with van der Waals surface area (Å²) in [5, 5.41) is -0.0547. The molecule has 0 aliphatic rings. The molecule has 3 unspecified atom stereocenters. The van der Waals surface area contributed by atoms with E-state index < -0.39 is 18.5 Å². The van der Waals surface area contributed by atoms with E-state index in [0.717, 1.165) is 18.7 Å². The minimum atomic E-state index is -2.08. The Bertz CT molecular complexity index is 175. The molecule has 0 rings (SSSR count). The van der Waals surface area contributed by atoms with Crippen molar-refractivity contribution in [2.45, 2.75) is 45.2 Å². The molecule has 1 nitrogen and oxygen atoms in total. The Labute approximate surface area is 86.4 Å². The van der Waals surface area contributed by atoms with Gasteiger partial charge >= 0.3 is 0 Å². The van der Waals surface area contributed by atoms with Crippen molar-refractivity contribution in [3.05, 3.63) is 0 Å². The summed E-state index contributed by atoms with van der Waals surface area (Å²) in [6.45, 7) is 2.69. The van der Waals surface area contributed by atoms with Crippen LogP contribution in [-0.4, -0.2) is 29.4 Å². The maximum absolute atomic E-state index is 12.9. The van der Waals surface area contributed by atoms with E-state index in [1.165, 1.54) is 0 Å². The summed E-state index contributed by atoms with van der Waals surface area (Å²) in [7, 11) is 0. The standard InChI is InChI=1S/C9H15F3OS/c1-3-8(13)14-5-4-7(11)9(12)6(2)10/h6-7,9H,3-5H2,1-2H3. The lowest BCUT2D eigenvalue weighted by atomic mass is 10.1. The first kappa shape index (κ1) is 13.8. The van der Waals surface area contributed by atoms with E-state index in [9.17, 15) is 18.0 Å². The van der Waals surface area contributed by atoms with E-state index in [4.69, 9.17) is 0 Å². The van der Waals surface area contributed by atoms with Gasteiger partial charge in [-0.15, -0.1) is 0 Å². The van der Waals surface area contributed by atoms with Crippen molar-refractivity contribution in [2.75, 3.05) is 5.75 Å². The fourth-order valence-electron chi connectivity index (χ4n) is 0.834. The topological polar surface area (TPSA) is 17.1 Å². The number of carbonyl (C=O) groups is 1. The van der Waals surface area contributed by atoms with Gasteiger partial charge < -0.3 is 0 Å². The lowest BCUT2D eigenvalue weighted by molar-refractivity contribution is -0.110. The molecule has 0 N–H and O–H groups in total. The second-order valence-electron chi connectivity index (χ2n) is 3.00. The van der Waals surface area contributed by atoms with Gasteiger partial charge in [0.2, 0.25) is 0 Å². The molecule has 0 saturated heterocycles. The molecule has 0 aromatic rings. The predicted molar refractivity (Wildman–Crippen MR) is 52.7 cm³/mol. The largest absolute Gasteiger partial charge is 0.287 e. The molecule has 0 amide bonds. The van der Waals surface area contributed by atoms with Gasteiger partial charge in [0.25, 0.3) is 0 Å². The highest BCUT2D eigenvalue weighted by Gasteiger charge is 2.26. The summed E-state index contributed by atoms with van der Waals surface area (Å²) >= 11 is 0.966. The van der Waals surface area contributed by atoms with Crippen LogP contribution in [-0.2, 0) is 4.79 Å². The summed E-state index contributed by atoms with van der Waals surface area (Å²) < 4.78 is 37.9. The first-order valence-corrected chi connectivity index (χ1v) is 5.55. The molecule has 0 aromatic heterocycles. The number of alkyl halides is 3. The molecule has 0 bridgehead atoms. The highest BCUT2D eigenvalue weighted by molar-refractivity contribution is 8.13. The van der Waals surface area contributed by atoms with Gasteiger partial charge in [-0.25, -0.2) is 13.2 Å². The van der Waals surface area contributed by atoms with Gasteiger partial charge in [-0.3, -0.25) is 4.79 Å². The lowest BCUT2D eigenvalue weighted by Gasteiger charge is -2.13. The van der Waals surface area contributed by atoms with Crippen molar-refractivity contribution in [2.24, 2.45) is 0 Å². The molecule has 0 aliphatic heterocycles. The van der Waals surface area contributed by atoms with Crippen molar-refractivity contribution < 1.29 is 18.0 Å². The first-order chi connectivity index (χ1) is 6.49. The van der Waals surface area contributed by atoms with Crippen LogP contribution in [0.15, 0.2) is 0 Å². The Morgan fingerprint density at radius 1 is 1.36 bits per heavy atom. The third-order valence-corrected chi connectivity index (χ3v) is 2.78. The molecular formula is C9H15F3OS. The van der Waals surface area contributed by atoms with Crippen LogP contribution >= 0.6 is 11.8 Å². The fourth-order valence-corrected chi connectivity index (χ4v) is 1.61. The van der Waals surface area contributed by atoms with Crippen LogP contribution in [0.5, 0.6) is 0 Å². The Morgan fingerprint density at radius 2 is 1.93 bits per heavy atom. The minimum absolute atomic E-state index is 0.0547. The lowest BCUT2D eigenvalue weighted by Crippen LogP contribution is -2.26. The maximum Gasteiger partial charge on any atom is 0.188 e. The average Bonchev–Trinajstić information content (AvgIpc) is 2.15. The van der Waals surface area contributed by atoms with Crippen LogP contribution in [0.3, 0.4) is 0 Å². The molecule has 0 radical (unpaired) electrons. The Balaban J connectivity index is 3.63. The van der Waals surface area contributed by atoms with Crippen molar-refractivity contribution in [1.82, 2.24) is 0 Å². The summed E-state index contributed by atoms with van der Waals surface area (Å²) in [5.74, 6) is 0.209. The van der Waals surface area contributed by atoms with Crippen molar-refractivity contribution in [3.63, 3.8) is 0 Å². The van der Waals surface area contributed by atoms with Crippen LogP contribution in [0.25, 0.3) is 0 Å². The van der Waals surface area contributed by atoms with Crippen LogP contribution < -0.4 is 0 Å². The van der Waals surface area contributed by atoms with E-state index in [1.807, 2.05) is 0 Å². The van der Waals surface area contributed by atoms with Crippen molar-refractivity contribution in [1.29, 1.82) is 0 Å². The SMILES string of the molecule is CCC(=O)SCCC(F)C(F)C(C)F. The van der Waals surface area contributed by atoms with Crippen molar-refractivity contribution >= 4 is 16.9 Å². The van der Waals surface area contributed by atoms with Crippen LogP contribution in [0.2, 0.25) is 0 Å². The Kier molecular flexibility index (Phi) is 7.05. The predicted octanol–water partition coefficient (Wildman–Crippen LogP) is 3.08. The maximum atomic E-state index is 12.9. The Hall–Kier alpha value is -0.190. The van der Waals surface area contributed by atoms with Gasteiger partial charge in [0.05, 0.1) is 0 Å². The molecule has 14 heavy (non-hydrogen) atoms. The molecule has 3 atom stereocenters. The van der Waals surface area contributed by atoms with Gasteiger partial charge in [-0.05, 0) is 13.3 Å². The summed E-state index contributed by atoms with van der Waals surface area (Å²) in [4.78, 5) is 10.8. The molecule has 0 spiro atoms. The number of hydrogen-bond acceptors (Lipinski definition) is 2. The van der Waals surface area contributed by atoms with E-state index in [-0.39, 0.29) is 17.3 Å². The number of thioether (sulfide) groups is 1. The second kappa shape index (κ2) is 7.15. The molecule has 0 aromatic carbocycles. The number of hydrogen-bond donors (Lipinski definition) is 0. The number of halogens is 3. The van der Waals surface area contributed by atoms with Gasteiger partial charge in [-0.1, -0.05) is 18.7 Å². The van der Waals surface area contributed by atoms with E-state index in [0.29, 0.717) is 6.42 Å². The zero-order valence-electron chi connectivity index (χ0n) is 8.30. The van der Waals surface area contributed by atoms with E-state index in [1.54, 1.807) is 6.92 Å². The second-order valence-corrected chi connectivity index (χ2v) is 4.15. The van der Waals surface area contributed by atoms with Crippen molar-refractivity contribution in [3.8, 4) is 0 Å². The van der Waals surface area contributed by atoms with Crippen LogP contribution in [0, 0.1) is 0 Å². The summed E-state index contributed by atoms with van der Waals surface area (Å²) in [6, 6.07) is 0. The quantitative estimate of drug-likeness (QED) is 0.695. The van der Waals surface area contributed by atoms with Crippen LogP contribution in [0.4, 0.5) is 13.2 Å². The molecule has 5 heteroatoms. The Morgan fingerprint density at radius 3 is 2.36 bits per heavy atom. The normalized spacial score (nSPS) is 17.5. The number of rotatable bonds is 6. The van der Waals surface area contributed by atoms with Crippen LogP contribution in [0.1, 0.15) is 26.7 Å². The molecule has 0 fully saturated rings. The van der Waals surface area contributed by atoms with E-state index in [2.05, 4.69) is 0 Å². The molecule has 84 valence electrons. The van der Waals surface area contributed by atoms with E-state index >= 15 is 0 Å². The fraction of sp³-hybridized carbons (Fsp3) is 0.889. The van der Waals surface area contributed by atoms with Gasteiger partial charge in [0.15, 0.2) is 11.3 Å². The molecule has 0 saturated carbocycles. The third-order valence-electron chi connectivity index (χ3n) is 1.73. The smallest absolute Gasteiger partial charge is 0.188 e. The van der Waals surface area contributed by atoms with Gasteiger partial charge in [0, 0.05) is 12.2 Å². The number of carbonyl (C=O) groups excluding carboxylic acids is 1. The zero-order chi connectivity index (χ0) is 11.1. The van der Waals surface area contributed by atoms with Gasteiger partial charge in [0.1, 0.15) is 12.3 Å². The molecular weight excluding hydrogens is 213 g/mol. The summed E-state index contributed by atoms with van der Waals surface area (Å²) in [6.07, 6.45) is -5.43. The van der Waals surface area contributed by atoms with Gasteiger partial charge in [-0.2, -0.15) is 0 Å². The average molecular weight is 228 g/mol. The molecule has 0 aliphatic carbocycles. The highest BCUT2D eigenvalue weighted by atomic mass is 32.2. The first-order valence-electron chi connectivity index (χ1n) is 4.56. The molecule has 0 heterocycles. The monoisotopic (exact) mass is 228 g/mol. The highest BCUT2D eigenvalue weighted by Crippen LogP contribution is 2.17. The zero-order valence-corrected chi connectivity index (χ0v) is 9.12. The minimum Gasteiger partial charge on any atom is -0.287 e.